The number of fused-ring (bicyclic) bond motifs is 6. The van der Waals surface area contributed by atoms with Crippen molar-refractivity contribution in [2.24, 2.45) is 11.8 Å². The van der Waals surface area contributed by atoms with E-state index in [0.29, 0.717) is 65.5 Å². The summed E-state index contributed by atoms with van der Waals surface area (Å²) in [7, 11) is 2.52. The Hall–Kier alpha value is -7.96. The number of benzene rings is 3. The van der Waals surface area contributed by atoms with Crippen LogP contribution in [0.5, 0.6) is 5.75 Å². The summed E-state index contributed by atoms with van der Waals surface area (Å²) in [5.74, 6) is 0.103. The van der Waals surface area contributed by atoms with Crippen molar-refractivity contribution in [3.8, 4) is 39.5 Å². The third-order valence-electron chi connectivity index (χ3n) is 13.8. The van der Waals surface area contributed by atoms with Gasteiger partial charge in [-0.3, -0.25) is 9.59 Å². The zero-order valence-electron chi connectivity index (χ0n) is 40.1. The van der Waals surface area contributed by atoms with E-state index in [1.165, 1.54) is 26.4 Å². The Morgan fingerprint density at radius 1 is 0.732 bits per heavy atom. The highest BCUT2D eigenvalue weighted by atomic mass is 19.1. The number of nitrogens with one attached hydrogen (secondary N) is 4. The van der Waals surface area contributed by atoms with E-state index in [-0.39, 0.29) is 41.0 Å². The lowest BCUT2D eigenvalue weighted by atomic mass is 10.0. The number of carbonyl (C=O) groups excluding carboxylic acids is 4. The van der Waals surface area contributed by atoms with E-state index in [4.69, 9.17) is 23.6 Å². The number of likely N-dealkylation sites (tertiary alicyclic amines) is 2. The third-order valence-corrected chi connectivity index (χ3v) is 13.8. The number of aromatic nitrogens is 5. The number of imidazole rings is 2. The average molecular weight is 968 g/mol. The van der Waals surface area contributed by atoms with Gasteiger partial charge in [-0.15, -0.1) is 0 Å². The molecular formula is C52H54FN9O9. The lowest BCUT2D eigenvalue weighted by Gasteiger charge is -2.31. The maximum absolute atomic E-state index is 17.0. The van der Waals surface area contributed by atoms with Crippen LogP contribution in [0.15, 0.2) is 88.3 Å². The van der Waals surface area contributed by atoms with E-state index in [2.05, 4.69) is 25.6 Å². The van der Waals surface area contributed by atoms with E-state index >= 15 is 4.39 Å². The van der Waals surface area contributed by atoms with Crippen molar-refractivity contribution < 1.29 is 42.2 Å². The summed E-state index contributed by atoms with van der Waals surface area (Å²) < 4.78 is 40.9. The predicted molar refractivity (Wildman–Crippen MR) is 259 cm³/mol. The maximum atomic E-state index is 17.0. The topological polar surface area (TPSA) is 219 Å². The molecule has 0 spiro atoms. The summed E-state index contributed by atoms with van der Waals surface area (Å²) in [6.07, 6.45) is 4.05. The molecule has 0 bridgehead atoms. The lowest BCUT2D eigenvalue weighted by molar-refractivity contribution is -0.136. The Bertz CT molecular complexity index is 3280. The molecule has 1 unspecified atom stereocenters. The first-order valence-electron chi connectivity index (χ1n) is 23.8. The highest BCUT2D eigenvalue weighted by Gasteiger charge is 2.40. The molecule has 71 heavy (non-hydrogen) atoms. The number of rotatable bonds is 11. The van der Waals surface area contributed by atoms with Crippen LogP contribution in [0.4, 0.5) is 14.0 Å². The van der Waals surface area contributed by atoms with Crippen LogP contribution in [0.25, 0.3) is 55.6 Å². The number of amides is 4. The summed E-state index contributed by atoms with van der Waals surface area (Å²) in [6.45, 7) is 8.45. The Morgan fingerprint density at radius 2 is 1.34 bits per heavy atom. The number of halogens is 1. The minimum absolute atomic E-state index is 0.174. The van der Waals surface area contributed by atoms with E-state index < -0.39 is 48.0 Å². The molecule has 0 aliphatic carbocycles. The van der Waals surface area contributed by atoms with E-state index in [1.54, 1.807) is 40.4 Å². The molecule has 4 amide bonds. The molecule has 2 fully saturated rings. The molecule has 5 atom stereocenters. The zero-order chi connectivity index (χ0) is 49.8. The van der Waals surface area contributed by atoms with Gasteiger partial charge in [0, 0.05) is 46.6 Å². The molecule has 19 heteroatoms. The molecule has 2 saturated heterocycles. The van der Waals surface area contributed by atoms with Crippen LogP contribution in [-0.4, -0.2) is 97.7 Å². The number of hydrogen-bond donors (Lipinski definition) is 4. The van der Waals surface area contributed by atoms with E-state index in [0.717, 1.165) is 40.6 Å². The largest absolute Gasteiger partial charge is 0.465 e. The molecule has 4 N–H and O–H groups in total. The Kier molecular flexibility index (Phi) is 12.3. The monoisotopic (exact) mass is 967 g/mol. The number of aromatic amines is 2. The fourth-order valence-electron chi connectivity index (χ4n) is 10.3. The number of H-pyrrole nitrogens is 2. The van der Waals surface area contributed by atoms with Gasteiger partial charge in [-0.2, -0.15) is 0 Å². The first-order chi connectivity index (χ1) is 34.2. The van der Waals surface area contributed by atoms with Gasteiger partial charge < -0.3 is 53.6 Å². The normalized spacial score (nSPS) is 18.4. The molecule has 4 aromatic heterocycles. The summed E-state index contributed by atoms with van der Waals surface area (Å²) in [5, 5.41) is 6.84. The molecular weight excluding hydrogens is 914 g/mol. The second-order valence-electron chi connectivity index (χ2n) is 19.0. The summed E-state index contributed by atoms with van der Waals surface area (Å²) in [4.78, 5) is 83.8. The molecule has 3 aliphatic heterocycles. The van der Waals surface area contributed by atoms with Gasteiger partial charge in [0.25, 0.3) is 0 Å². The van der Waals surface area contributed by atoms with Crippen LogP contribution < -0.4 is 21.0 Å². The summed E-state index contributed by atoms with van der Waals surface area (Å²) in [6, 6.07) is 17.3. The lowest BCUT2D eigenvalue weighted by Crippen LogP contribution is -2.51. The van der Waals surface area contributed by atoms with Gasteiger partial charge in [-0.05, 0) is 92.1 Å². The molecule has 7 heterocycles. The number of carbonyl (C=O) groups is 4. The minimum Gasteiger partial charge on any atom is -0.465 e. The molecule has 368 valence electrons. The van der Waals surface area contributed by atoms with Crippen LogP contribution >= 0.6 is 0 Å². The Morgan fingerprint density at radius 3 is 1.93 bits per heavy atom. The van der Waals surface area contributed by atoms with Crippen LogP contribution in [-0.2, 0) is 19.1 Å². The van der Waals surface area contributed by atoms with Gasteiger partial charge in [0.1, 0.15) is 40.9 Å². The first kappa shape index (κ1) is 46.8. The first-order valence-corrected chi connectivity index (χ1v) is 23.8. The van der Waals surface area contributed by atoms with Gasteiger partial charge in [-0.1, -0.05) is 33.8 Å². The smallest absolute Gasteiger partial charge is 0.407 e. The maximum Gasteiger partial charge on any atom is 0.407 e. The standard InChI is InChI=1S/C52H54FN9O9/c1-26(2)44(58-51(66)68-5)48(64)60-17-7-9-37(60)46-54-24-34(56-46)28-11-14-36-32(19-28)22-39-43-33(53)21-31(23-41(43)71-50(62(36)39)30-12-15-40-29(20-30)13-16-42(63)70-40)35-25-55-47(57-35)38-10-8-18-61(38)49(65)45(27(3)4)59-52(67)69-6/h11-16,19-27,37-38,44-45,50H,7-10,17-18H2,1-6H3,(H,54,56)(H,55,57)(H,58,66)(H,59,67)/t37-,38-,44-,45-,50?/m0/s1. The van der Waals surface area contributed by atoms with Crippen LogP contribution in [0.1, 0.15) is 88.9 Å². The van der Waals surface area contributed by atoms with Gasteiger partial charge in [0.05, 0.1) is 66.9 Å². The second-order valence-corrected chi connectivity index (χ2v) is 19.0. The van der Waals surface area contributed by atoms with E-state index in [1.807, 2.05) is 68.7 Å². The van der Waals surface area contributed by atoms with Crippen molar-refractivity contribution >= 4 is 45.9 Å². The third kappa shape index (κ3) is 8.62. The SMILES string of the molecule is COC(=O)N[C@H](C(=O)N1CCC[C@H]1c1ncc(-c2cc(F)c3c(c2)OC(c2ccc4oc(=O)ccc4c2)n2c-3cc3cc(-c4cnc([C@@H]5CCCN5C(=O)[C@@H](NC(=O)OC)C(C)C)[nH]4)ccc32)[nH]1)C(C)C. The van der Waals surface area contributed by atoms with Crippen LogP contribution in [0.2, 0.25) is 0 Å². The Labute approximate surface area is 406 Å². The van der Waals surface area contributed by atoms with Crippen molar-refractivity contribution in [3.05, 3.63) is 113 Å². The second kappa shape index (κ2) is 18.7. The molecule has 0 radical (unpaired) electrons. The van der Waals surface area contributed by atoms with Crippen molar-refractivity contribution in [3.63, 3.8) is 0 Å². The fourth-order valence-corrected chi connectivity index (χ4v) is 10.3. The van der Waals surface area contributed by atoms with Crippen molar-refractivity contribution in [1.82, 2.24) is 44.9 Å². The molecule has 0 saturated carbocycles. The number of nitrogens with zero attached hydrogens (tertiary/aromatic N) is 5. The molecule has 3 aromatic carbocycles. The number of alkyl carbamates (subject to hydrolysis) is 2. The van der Waals surface area contributed by atoms with Gasteiger partial charge in [0.15, 0.2) is 0 Å². The van der Waals surface area contributed by atoms with Crippen LogP contribution in [0.3, 0.4) is 0 Å². The molecule has 7 aromatic rings. The van der Waals surface area contributed by atoms with Crippen molar-refractivity contribution in [2.45, 2.75) is 83.8 Å². The quantitative estimate of drug-likeness (QED) is 0.0903. The van der Waals surface area contributed by atoms with Crippen molar-refractivity contribution in [2.75, 3.05) is 27.3 Å². The van der Waals surface area contributed by atoms with Gasteiger partial charge in [-0.25, -0.2) is 28.7 Å². The minimum atomic E-state index is -0.798. The number of ether oxygens (including phenoxy) is 3. The van der Waals surface area contributed by atoms with Crippen molar-refractivity contribution in [1.29, 1.82) is 0 Å². The number of hydrogen-bond acceptors (Lipinski definition) is 11. The molecule has 3 aliphatic rings. The average Bonchev–Trinajstić information content (AvgIpc) is 4.23. The number of methoxy groups -OCH3 is 2. The predicted octanol–water partition coefficient (Wildman–Crippen LogP) is 8.36. The van der Waals surface area contributed by atoms with E-state index in [9.17, 15) is 24.0 Å². The zero-order valence-corrected chi connectivity index (χ0v) is 40.1. The van der Waals surface area contributed by atoms with Crippen LogP contribution in [0, 0.1) is 17.7 Å². The van der Waals surface area contributed by atoms with Gasteiger partial charge in [0.2, 0.25) is 18.0 Å². The summed E-state index contributed by atoms with van der Waals surface area (Å²) >= 11 is 0. The Balaban J connectivity index is 0.993. The fraction of sp³-hybridized carbons (Fsp3) is 0.365. The van der Waals surface area contributed by atoms with Gasteiger partial charge >= 0.3 is 17.8 Å². The highest BCUT2D eigenvalue weighted by molar-refractivity contribution is 5.93. The highest BCUT2D eigenvalue weighted by Crippen LogP contribution is 2.48. The molecule has 18 nitrogen and oxygen atoms in total. The summed E-state index contributed by atoms with van der Waals surface area (Å²) in [5.41, 5.74) is 4.79. The molecule has 10 rings (SSSR count).